The summed E-state index contributed by atoms with van der Waals surface area (Å²) in [6, 6.07) is 3.60. The van der Waals surface area contributed by atoms with E-state index in [4.69, 9.17) is 38.1 Å². The zero-order chi connectivity index (χ0) is 18.3. The first-order valence-corrected chi connectivity index (χ1v) is 9.19. The van der Waals surface area contributed by atoms with Crippen molar-refractivity contribution in [2.75, 3.05) is 11.9 Å². The second-order valence-electron chi connectivity index (χ2n) is 6.35. The van der Waals surface area contributed by atoms with Gasteiger partial charge in [0.1, 0.15) is 22.5 Å². The Morgan fingerprint density at radius 2 is 2.27 bits per heavy atom. The van der Waals surface area contributed by atoms with Gasteiger partial charge in [-0.2, -0.15) is 4.98 Å². The Bertz CT molecular complexity index is 925. The average molecular weight is 396 g/mol. The number of nitrogens with one attached hydrogen (secondary N) is 1. The van der Waals surface area contributed by atoms with E-state index in [9.17, 15) is 0 Å². The Morgan fingerprint density at radius 1 is 1.42 bits per heavy atom. The lowest BCUT2D eigenvalue weighted by Gasteiger charge is -2.29. The molecule has 0 radical (unpaired) electrons. The van der Waals surface area contributed by atoms with Crippen molar-refractivity contribution in [1.82, 2.24) is 14.6 Å². The first kappa shape index (κ1) is 17.6. The number of nitrogens with two attached hydrogens (primary N) is 1. The number of furan rings is 1. The fourth-order valence-corrected chi connectivity index (χ4v) is 3.95. The maximum Gasteiger partial charge on any atom is 0.243 e. The van der Waals surface area contributed by atoms with Gasteiger partial charge in [-0.3, -0.25) is 0 Å². The smallest absolute Gasteiger partial charge is 0.243 e. The van der Waals surface area contributed by atoms with Gasteiger partial charge in [0.05, 0.1) is 12.8 Å². The van der Waals surface area contributed by atoms with E-state index in [1.807, 2.05) is 19.1 Å². The number of fused-ring (bicyclic) bond motifs is 1. The highest BCUT2D eigenvalue weighted by Crippen LogP contribution is 2.39. The van der Waals surface area contributed by atoms with Crippen molar-refractivity contribution in [2.45, 2.75) is 38.5 Å². The lowest BCUT2D eigenvalue weighted by atomic mass is 9.96. The van der Waals surface area contributed by atoms with Gasteiger partial charge in [0, 0.05) is 18.2 Å². The Labute approximate surface area is 160 Å². The van der Waals surface area contributed by atoms with E-state index in [0.29, 0.717) is 24.1 Å². The molecule has 4 rings (SSSR count). The zero-order valence-electron chi connectivity index (χ0n) is 14.2. The Kier molecular flexibility index (Phi) is 4.79. The number of halogens is 2. The number of aromatic nitrogens is 3. The lowest BCUT2D eigenvalue weighted by molar-refractivity contribution is -0.0000754. The van der Waals surface area contributed by atoms with Crippen molar-refractivity contribution in [3.05, 3.63) is 45.7 Å². The third-order valence-electron chi connectivity index (χ3n) is 4.65. The molecule has 0 amide bonds. The molecule has 1 saturated heterocycles. The molecule has 3 N–H and O–H groups in total. The SMILES string of the molecule is Cc1c([C@H]2OCCC[C@@H]2N)c(Cl)n2nc(Cl)nc(NCc3ccco3)c12. The van der Waals surface area contributed by atoms with Gasteiger partial charge < -0.3 is 20.2 Å². The number of nitrogens with zero attached hydrogens (tertiary/aromatic N) is 3. The molecule has 26 heavy (non-hydrogen) atoms. The van der Waals surface area contributed by atoms with Gasteiger partial charge in [-0.1, -0.05) is 11.6 Å². The molecule has 0 unspecified atom stereocenters. The molecule has 3 aromatic rings. The van der Waals surface area contributed by atoms with Crippen molar-refractivity contribution in [3.8, 4) is 0 Å². The van der Waals surface area contributed by atoms with E-state index in [-0.39, 0.29) is 17.4 Å². The number of rotatable bonds is 4. The molecule has 1 fully saturated rings. The van der Waals surface area contributed by atoms with E-state index in [0.717, 1.165) is 35.2 Å². The Balaban J connectivity index is 1.79. The van der Waals surface area contributed by atoms with Crippen LogP contribution in [-0.2, 0) is 11.3 Å². The molecule has 4 heterocycles. The predicted molar refractivity (Wildman–Crippen MR) is 99.7 cm³/mol. The number of aryl methyl sites for hydroxylation is 1. The van der Waals surface area contributed by atoms with Crippen LogP contribution in [0.5, 0.6) is 0 Å². The minimum absolute atomic E-state index is 0.0942. The quantitative estimate of drug-likeness (QED) is 0.699. The molecule has 9 heteroatoms. The molecule has 7 nitrogen and oxygen atoms in total. The summed E-state index contributed by atoms with van der Waals surface area (Å²) >= 11 is 12.7. The Hall–Kier alpha value is -1.80. The van der Waals surface area contributed by atoms with Gasteiger partial charge in [-0.25, -0.2) is 4.52 Å². The molecule has 3 aromatic heterocycles. The second-order valence-corrected chi connectivity index (χ2v) is 7.05. The van der Waals surface area contributed by atoms with Crippen molar-refractivity contribution in [1.29, 1.82) is 0 Å². The molecule has 0 saturated carbocycles. The van der Waals surface area contributed by atoms with Gasteiger partial charge in [0.2, 0.25) is 5.28 Å². The van der Waals surface area contributed by atoms with Crippen LogP contribution >= 0.6 is 23.2 Å². The average Bonchev–Trinajstić information content (AvgIpc) is 3.22. The minimum Gasteiger partial charge on any atom is -0.467 e. The van der Waals surface area contributed by atoms with Crippen LogP contribution in [0.3, 0.4) is 0 Å². The fraction of sp³-hybridized carbons (Fsp3) is 0.412. The number of anilines is 1. The number of hydrogen-bond donors (Lipinski definition) is 2. The summed E-state index contributed by atoms with van der Waals surface area (Å²) in [6.45, 7) is 3.10. The number of hydrogen-bond acceptors (Lipinski definition) is 6. The minimum atomic E-state index is -0.269. The van der Waals surface area contributed by atoms with Crippen molar-refractivity contribution in [2.24, 2.45) is 5.73 Å². The lowest BCUT2D eigenvalue weighted by Crippen LogP contribution is -2.34. The summed E-state index contributed by atoms with van der Waals surface area (Å²) in [5.41, 5.74) is 8.80. The summed E-state index contributed by atoms with van der Waals surface area (Å²) in [6.07, 6.45) is 3.19. The molecular weight excluding hydrogens is 377 g/mol. The van der Waals surface area contributed by atoms with Gasteiger partial charge in [0.15, 0.2) is 5.82 Å². The third-order valence-corrected chi connectivity index (χ3v) is 5.18. The maximum atomic E-state index is 6.64. The highest BCUT2D eigenvalue weighted by Gasteiger charge is 2.32. The molecule has 2 atom stereocenters. The Morgan fingerprint density at radius 3 is 3.00 bits per heavy atom. The second kappa shape index (κ2) is 7.08. The molecule has 1 aliphatic heterocycles. The van der Waals surface area contributed by atoms with E-state index >= 15 is 0 Å². The summed E-state index contributed by atoms with van der Waals surface area (Å²) in [5, 5.41) is 8.05. The zero-order valence-corrected chi connectivity index (χ0v) is 15.7. The van der Waals surface area contributed by atoms with Crippen molar-refractivity contribution >= 4 is 34.5 Å². The van der Waals surface area contributed by atoms with Crippen LogP contribution in [-0.4, -0.2) is 27.2 Å². The summed E-state index contributed by atoms with van der Waals surface area (Å²) in [7, 11) is 0. The van der Waals surface area contributed by atoms with Crippen molar-refractivity contribution in [3.63, 3.8) is 0 Å². The largest absolute Gasteiger partial charge is 0.467 e. The standard InChI is InChI=1S/C17H19Cl2N5O2/c1-9-12(14-11(20)5-3-7-26-14)15(18)24-13(9)16(22-17(19)23-24)21-8-10-4-2-6-25-10/h2,4,6,11,14H,3,5,7-8,20H2,1H3,(H,21,22,23)/t11-,14-/m0/s1. The summed E-state index contributed by atoms with van der Waals surface area (Å²) < 4.78 is 12.9. The summed E-state index contributed by atoms with van der Waals surface area (Å²) in [5.74, 6) is 1.36. The van der Waals surface area contributed by atoms with Crippen molar-refractivity contribution < 1.29 is 9.15 Å². The molecule has 138 valence electrons. The van der Waals surface area contributed by atoms with Gasteiger partial charge >= 0.3 is 0 Å². The molecule has 0 spiro atoms. The monoisotopic (exact) mass is 395 g/mol. The number of ether oxygens (including phenoxy) is 1. The third kappa shape index (κ3) is 3.05. The van der Waals surface area contributed by atoms with Gasteiger partial charge in [-0.05, 0) is 49.1 Å². The van der Waals surface area contributed by atoms with Crippen LogP contribution < -0.4 is 11.1 Å². The van der Waals surface area contributed by atoms with Crippen LogP contribution in [0.25, 0.3) is 5.52 Å². The summed E-state index contributed by atoms with van der Waals surface area (Å²) in [4.78, 5) is 4.33. The van der Waals surface area contributed by atoms with E-state index in [1.54, 1.807) is 10.8 Å². The normalized spacial score (nSPS) is 20.6. The highest BCUT2D eigenvalue weighted by atomic mass is 35.5. The maximum absolute atomic E-state index is 6.64. The topological polar surface area (TPSA) is 90.6 Å². The van der Waals surface area contributed by atoms with E-state index in [2.05, 4.69) is 15.4 Å². The molecule has 0 aromatic carbocycles. The van der Waals surface area contributed by atoms with Crippen LogP contribution in [0.4, 0.5) is 5.82 Å². The molecule has 0 aliphatic carbocycles. The van der Waals surface area contributed by atoms with E-state index in [1.165, 1.54) is 0 Å². The van der Waals surface area contributed by atoms with E-state index < -0.39 is 0 Å². The fourth-order valence-electron chi connectivity index (χ4n) is 3.42. The van der Waals surface area contributed by atoms with Gasteiger partial charge in [0.25, 0.3) is 0 Å². The first-order chi connectivity index (χ1) is 12.6. The van der Waals surface area contributed by atoms with Gasteiger partial charge in [-0.15, -0.1) is 5.10 Å². The molecule has 0 bridgehead atoms. The van der Waals surface area contributed by atoms with Crippen LogP contribution in [0.15, 0.2) is 22.8 Å². The predicted octanol–water partition coefficient (Wildman–Crippen LogP) is 3.73. The van der Waals surface area contributed by atoms with Crippen LogP contribution in [0, 0.1) is 6.92 Å². The highest BCUT2D eigenvalue weighted by molar-refractivity contribution is 6.31. The molecule has 1 aliphatic rings. The molecular formula is C17H19Cl2N5O2. The van der Waals surface area contributed by atoms with Crippen LogP contribution in [0.1, 0.15) is 35.8 Å². The van der Waals surface area contributed by atoms with Crippen LogP contribution in [0.2, 0.25) is 10.4 Å². The first-order valence-electron chi connectivity index (χ1n) is 8.44.